The predicted molar refractivity (Wildman–Crippen MR) is 113 cm³/mol. The van der Waals surface area contributed by atoms with Crippen LogP contribution in [0.5, 0.6) is 0 Å². The molecule has 0 spiro atoms. The van der Waals surface area contributed by atoms with Crippen LogP contribution in [-0.4, -0.2) is 39.3 Å². The fourth-order valence-corrected chi connectivity index (χ4v) is 2.87. The number of nitrogens with one attached hydrogen (secondary N) is 2. The molecular formula is C22H30N4O4. The summed E-state index contributed by atoms with van der Waals surface area (Å²) < 4.78 is 7.02. The molecule has 1 aromatic heterocycles. The molecule has 0 bridgehead atoms. The SMILES string of the molecule is Cc1ccc(Cn2nc(C)c(C(=O)O[C@H](C)C(=O)NC(=O)NC(C)(C)C)c2C)cc1. The summed E-state index contributed by atoms with van der Waals surface area (Å²) in [5, 5.41) is 9.23. The van der Waals surface area contributed by atoms with E-state index in [2.05, 4.69) is 15.7 Å². The van der Waals surface area contributed by atoms with Gasteiger partial charge in [0.25, 0.3) is 5.91 Å². The van der Waals surface area contributed by atoms with Gasteiger partial charge in [-0.15, -0.1) is 0 Å². The largest absolute Gasteiger partial charge is 0.449 e. The van der Waals surface area contributed by atoms with Crippen LogP contribution in [0.2, 0.25) is 0 Å². The third-order valence-corrected chi connectivity index (χ3v) is 4.42. The summed E-state index contributed by atoms with van der Waals surface area (Å²) in [7, 11) is 0. The molecule has 0 radical (unpaired) electrons. The number of aromatic nitrogens is 2. The molecule has 2 rings (SSSR count). The normalized spacial score (nSPS) is 12.2. The number of esters is 1. The number of nitrogens with zero attached hydrogens (tertiary/aromatic N) is 2. The van der Waals surface area contributed by atoms with Gasteiger partial charge in [0.15, 0.2) is 6.10 Å². The van der Waals surface area contributed by atoms with Crippen LogP contribution < -0.4 is 10.6 Å². The van der Waals surface area contributed by atoms with E-state index in [1.807, 2.05) is 31.2 Å². The fraction of sp³-hybridized carbons (Fsp3) is 0.455. The van der Waals surface area contributed by atoms with Crippen LogP contribution in [0.15, 0.2) is 24.3 Å². The Bertz CT molecular complexity index is 939. The molecule has 1 aromatic carbocycles. The van der Waals surface area contributed by atoms with Gasteiger partial charge in [0.1, 0.15) is 5.56 Å². The number of rotatable bonds is 5. The molecule has 1 heterocycles. The fourth-order valence-electron chi connectivity index (χ4n) is 2.87. The molecular weight excluding hydrogens is 384 g/mol. The molecule has 2 aromatic rings. The van der Waals surface area contributed by atoms with E-state index in [-0.39, 0.29) is 0 Å². The van der Waals surface area contributed by atoms with Crippen LogP contribution in [0.1, 0.15) is 60.6 Å². The number of ether oxygens (including phenoxy) is 1. The number of hydrogen-bond acceptors (Lipinski definition) is 5. The third-order valence-electron chi connectivity index (χ3n) is 4.42. The Morgan fingerprint density at radius 1 is 1.10 bits per heavy atom. The first-order chi connectivity index (χ1) is 13.9. The number of aryl methyl sites for hydroxylation is 2. The molecule has 0 fully saturated rings. The van der Waals surface area contributed by atoms with E-state index in [9.17, 15) is 14.4 Å². The van der Waals surface area contributed by atoms with Gasteiger partial charge < -0.3 is 10.1 Å². The predicted octanol–water partition coefficient (Wildman–Crippen LogP) is 3.03. The summed E-state index contributed by atoms with van der Waals surface area (Å²) in [5.74, 6) is -1.36. The maximum absolute atomic E-state index is 12.7. The average Bonchev–Trinajstić information content (AvgIpc) is 2.88. The zero-order chi connectivity index (χ0) is 22.6. The highest BCUT2D eigenvalue weighted by Gasteiger charge is 2.26. The first-order valence-electron chi connectivity index (χ1n) is 9.81. The van der Waals surface area contributed by atoms with Gasteiger partial charge in [0.2, 0.25) is 0 Å². The lowest BCUT2D eigenvalue weighted by Gasteiger charge is -2.21. The second-order valence-electron chi connectivity index (χ2n) is 8.43. The zero-order valence-electron chi connectivity index (χ0n) is 18.6. The Kier molecular flexibility index (Phi) is 7.02. The molecule has 162 valence electrons. The van der Waals surface area contributed by atoms with Gasteiger partial charge >= 0.3 is 12.0 Å². The van der Waals surface area contributed by atoms with E-state index < -0.39 is 29.6 Å². The first-order valence-corrected chi connectivity index (χ1v) is 9.81. The molecule has 0 unspecified atom stereocenters. The molecule has 0 saturated carbocycles. The lowest BCUT2D eigenvalue weighted by molar-refractivity contribution is -0.127. The van der Waals surface area contributed by atoms with Crippen molar-refractivity contribution in [2.24, 2.45) is 0 Å². The molecule has 0 aliphatic rings. The molecule has 0 aliphatic heterocycles. The highest BCUT2D eigenvalue weighted by Crippen LogP contribution is 2.17. The summed E-state index contributed by atoms with van der Waals surface area (Å²) in [5.41, 5.74) is 3.22. The maximum Gasteiger partial charge on any atom is 0.342 e. The number of carbonyl (C=O) groups is 3. The quantitative estimate of drug-likeness (QED) is 0.732. The lowest BCUT2D eigenvalue weighted by atomic mass is 10.1. The van der Waals surface area contributed by atoms with Gasteiger partial charge in [0, 0.05) is 5.54 Å². The van der Waals surface area contributed by atoms with Crippen molar-refractivity contribution in [3.8, 4) is 0 Å². The van der Waals surface area contributed by atoms with Crippen molar-refractivity contribution in [2.45, 2.75) is 66.7 Å². The maximum atomic E-state index is 12.7. The van der Waals surface area contributed by atoms with Crippen LogP contribution in [0.3, 0.4) is 0 Å². The number of hydrogen-bond donors (Lipinski definition) is 2. The minimum absolute atomic E-state index is 0.320. The van der Waals surface area contributed by atoms with E-state index in [1.54, 1.807) is 39.3 Å². The molecule has 8 heteroatoms. The molecule has 0 saturated heterocycles. The summed E-state index contributed by atoms with van der Waals surface area (Å²) in [4.78, 5) is 36.7. The summed E-state index contributed by atoms with van der Waals surface area (Å²) in [6, 6.07) is 7.42. The van der Waals surface area contributed by atoms with E-state index in [4.69, 9.17) is 4.74 Å². The van der Waals surface area contributed by atoms with E-state index in [1.165, 1.54) is 12.5 Å². The van der Waals surface area contributed by atoms with E-state index in [0.717, 1.165) is 5.56 Å². The van der Waals surface area contributed by atoms with Crippen molar-refractivity contribution >= 4 is 17.9 Å². The summed E-state index contributed by atoms with van der Waals surface area (Å²) in [6.07, 6.45) is -1.14. The van der Waals surface area contributed by atoms with Crippen molar-refractivity contribution in [1.29, 1.82) is 0 Å². The Morgan fingerprint density at radius 3 is 2.27 bits per heavy atom. The molecule has 2 N–H and O–H groups in total. The van der Waals surface area contributed by atoms with Gasteiger partial charge in [-0.2, -0.15) is 5.10 Å². The van der Waals surface area contributed by atoms with Crippen LogP contribution in [0.4, 0.5) is 4.79 Å². The third kappa shape index (κ3) is 6.17. The molecule has 1 atom stereocenters. The first kappa shape index (κ1) is 23.1. The van der Waals surface area contributed by atoms with Crippen molar-refractivity contribution < 1.29 is 19.1 Å². The van der Waals surface area contributed by atoms with Gasteiger partial charge in [-0.25, -0.2) is 9.59 Å². The smallest absolute Gasteiger partial charge is 0.342 e. The molecule has 3 amide bonds. The van der Waals surface area contributed by atoms with E-state index >= 15 is 0 Å². The zero-order valence-corrected chi connectivity index (χ0v) is 18.6. The standard InChI is InChI=1S/C22H30N4O4/c1-13-8-10-17(11-9-13)12-26-15(3)18(14(2)25-26)20(28)30-16(4)19(27)23-21(29)24-22(5,6)7/h8-11,16H,12H2,1-7H3,(H2,23,24,27,29)/t16-/m1/s1. The van der Waals surface area contributed by atoms with Gasteiger partial charge in [-0.3, -0.25) is 14.8 Å². The second-order valence-corrected chi connectivity index (χ2v) is 8.43. The van der Waals surface area contributed by atoms with Crippen LogP contribution in [0.25, 0.3) is 0 Å². The Balaban J connectivity index is 2.06. The Morgan fingerprint density at radius 2 is 1.70 bits per heavy atom. The molecule has 30 heavy (non-hydrogen) atoms. The molecule has 8 nitrogen and oxygen atoms in total. The number of urea groups is 1. The summed E-state index contributed by atoms with van der Waals surface area (Å²) in [6.45, 7) is 12.8. The number of amides is 3. The second kappa shape index (κ2) is 9.11. The topological polar surface area (TPSA) is 102 Å². The van der Waals surface area contributed by atoms with Crippen LogP contribution in [-0.2, 0) is 16.1 Å². The lowest BCUT2D eigenvalue weighted by Crippen LogP contribution is -2.50. The van der Waals surface area contributed by atoms with Gasteiger partial charge in [-0.05, 0) is 54.0 Å². The molecule has 0 aliphatic carbocycles. The van der Waals surface area contributed by atoms with Gasteiger partial charge in [-0.1, -0.05) is 29.8 Å². The van der Waals surface area contributed by atoms with Crippen LogP contribution >= 0.6 is 0 Å². The van der Waals surface area contributed by atoms with E-state index in [0.29, 0.717) is 23.5 Å². The Hall–Kier alpha value is -3.16. The van der Waals surface area contributed by atoms with Gasteiger partial charge in [0.05, 0.1) is 17.9 Å². The number of imide groups is 1. The van der Waals surface area contributed by atoms with Crippen molar-refractivity contribution in [3.63, 3.8) is 0 Å². The summed E-state index contributed by atoms with van der Waals surface area (Å²) >= 11 is 0. The minimum Gasteiger partial charge on any atom is -0.449 e. The number of benzene rings is 1. The van der Waals surface area contributed by atoms with Crippen molar-refractivity contribution in [2.75, 3.05) is 0 Å². The number of carbonyl (C=O) groups excluding carboxylic acids is 3. The van der Waals surface area contributed by atoms with Crippen LogP contribution in [0, 0.1) is 20.8 Å². The highest BCUT2D eigenvalue weighted by molar-refractivity contribution is 5.99. The average molecular weight is 415 g/mol. The van der Waals surface area contributed by atoms with Crippen molar-refractivity contribution in [1.82, 2.24) is 20.4 Å². The monoisotopic (exact) mass is 414 g/mol. The minimum atomic E-state index is -1.14. The highest BCUT2D eigenvalue weighted by atomic mass is 16.5. The van der Waals surface area contributed by atoms with Crippen molar-refractivity contribution in [3.05, 3.63) is 52.3 Å². The Labute approximate surface area is 177 Å².